The smallest absolute Gasteiger partial charge is 0.271 e. The third-order valence-electron chi connectivity index (χ3n) is 3.91. The number of thiazole rings is 1. The summed E-state index contributed by atoms with van der Waals surface area (Å²) in [4.78, 5) is 29.4. The highest BCUT2D eigenvalue weighted by Crippen LogP contribution is 2.22. The molecule has 0 unspecified atom stereocenters. The zero-order chi connectivity index (χ0) is 18.3. The van der Waals surface area contributed by atoms with Gasteiger partial charge < -0.3 is 5.32 Å². The van der Waals surface area contributed by atoms with E-state index in [1.807, 2.05) is 0 Å². The van der Waals surface area contributed by atoms with Crippen LogP contribution in [0.15, 0.2) is 51.7 Å². The maximum absolute atomic E-state index is 12.3. The fourth-order valence-corrected chi connectivity index (χ4v) is 4.37. The molecule has 10 heteroatoms. The lowest BCUT2D eigenvalue weighted by Gasteiger charge is -2.08. The molecule has 4 rings (SSSR count). The molecule has 0 radical (unpaired) electrons. The molecule has 2 N–H and O–H groups in total. The number of fused-ring (bicyclic) bond motifs is 1. The number of carbonyl (C=O) groups is 1. The molecule has 1 aliphatic rings. The normalized spacial score (nSPS) is 14.5. The van der Waals surface area contributed by atoms with Crippen LogP contribution in [-0.2, 0) is 10.0 Å². The van der Waals surface area contributed by atoms with E-state index in [1.54, 1.807) is 11.6 Å². The molecular weight excluding hydrogens is 376 g/mol. The molecule has 1 amide bonds. The molecule has 26 heavy (non-hydrogen) atoms. The van der Waals surface area contributed by atoms with Crippen LogP contribution in [0.2, 0.25) is 0 Å². The van der Waals surface area contributed by atoms with Crippen molar-refractivity contribution in [2.75, 3.05) is 5.32 Å². The van der Waals surface area contributed by atoms with E-state index in [1.165, 1.54) is 46.2 Å². The second-order valence-corrected chi connectivity index (χ2v) is 8.49. The number of nitrogens with one attached hydrogen (secondary N) is 2. The first-order chi connectivity index (χ1) is 12.4. The van der Waals surface area contributed by atoms with Crippen LogP contribution in [0.1, 0.15) is 23.2 Å². The molecule has 0 saturated heterocycles. The SMILES string of the molecule is O=C(Nc1ccc(S(=O)(=O)NC2CC2)cc1)c1cnc2sccn2c1=O. The number of hydrogen-bond acceptors (Lipinski definition) is 6. The van der Waals surface area contributed by atoms with Crippen LogP contribution in [-0.4, -0.2) is 29.8 Å². The average molecular weight is 390 g/mol. The van der Waals surface area contributed by atoms with Crippen molar-refractivity contribution < 1.29 is 13.2 Å². The summed E-state index contributed by atoms with van der Waals surface area (Å²) < 4.78 is 28.2. The van der Waals surface area contributed by atoms with Gasteiger partial charge in [-0.25, -0.2) is 18.1 Å². The Morgan fingerprint density at radius 3 is 2.65 bits per heavy atom. The minimum atomic E-state index is -3.54. The molecule has 1 aliphatic carbocycles. The second kappa shape index (κ2) is 6.31. The van der Waals surface area contributed by atoms with E-state index < -0.39 is 21.5 Å². The van der Waals surface area contributed by atoms with Gasteiger partial charge in [-0.3, -0.25) is 14.0 Å². The first kappa shape index (κ1) is 16.9. The third-order valence-corrected chi connectivity index (χ3v) is 6.22. The Hall–Kier alpha value is -2.56. The second-order valence-electron chi connectivity index (χ2n) is 5.91. The van der Waals surface area contributed by atoms with Gasteiger partial charge in [0.15, 0.2) is 4.96 Å². The van der Waals surface area contributed by atoms with Crippen molar-refractivity contribution in [2.24, 2.45) is 0 Å². The summed E-state index contributed by atoms with van der Waals surface area (Å²) in [5.74, 6) is -0.602. The molecule has 0 atom stereocenters. The minimum absolute atomic E-state index is 0.0203. The fourth-order valence-electron chi connectivity index (χ4n) is 2.38. The maximum Gasteiger partial charge on any atom is 0.271 e. The lowest BCUT2D eigenvalue weighted by Crippen LogP contribution is -2.26. The number of nitrogens with zero attached hydrogens (tertiary/aromatic N) is 2. The van der Waals surface area contributed by atoms with Crippen LogP contribution in [0, 0.1) is 0 Å². The summed E-state index contributed by atoms with van der Waals surface area (Å²) in [6.07, 6.45) is 4.50. The fraction of sp³-hybridized carbons (Fsp3) is 0.188. The first-order valence-electron chi connectivity index (χ1n) is 7.83. The van der Waals surface area contributed by atoms with Crippen LogP contribution >= 0.6 is 11.3 Å². The van der Waals surface area contributed by atoms with Crippen LogP contribution in [0.4, 0.5) is 5.69 Å². The van der Waals surface area contributed by atoms with Crippen molar-refractivity contribution in [2.45, 2.75) is 23.8 Å². The predicted molar refractivity (Wildman–Crippen MR) is 97.1 cm³/mol. The number of amides is 1. The van der Waals surface area contributed by atoms with Gasteiger partial charge in [0.1, 0.15) is 5.56 Å². The van der Waals surface area contributed by atoms with E-state index in [2.05, 4.69) is 15.0 Å². The van der Waals surface area contributed by atoms with Crippen molar-refractivity contribution >= 4 is 37.9 Å². The van der Waals surface area contributed by atoms with Crippen LogP contribution < -0.4 is 15.6 Å². The number of benzene rings is 1. The zero-order valence-corrected chi connectivity index (χ0v) is 15.0. The Labute approximate surface area is 152 Å². The Balaban J connectivity index is 1.54. The maximum atomic E-state index is 12.3. The number of rotatable bonds is 5. The zero-order valence-electron chi connectivity index (χ0n) is 13.4. The van der Waals surface area contributed by atoms with E-state index in [0.717, 1.165) is 12.8 Å². The Bertz CT molecular complexity index is 1140. The highest BCUT2D eigenvalue weighted by molar-refractivity contribution is 7.89. The van der Waals surface area contributed by atoms with Crippen molar-refractivity contribution in [3.05, 3.63) is 58.0 Å². The molecule has 1 fully saturated rings. The van der Waals surface area contributed by atoms with E-state index in [9.17, 15) is 18.0 Å². The lowest BCUT2D eigenvalue weighted by molar-refractivity contribution is 0.102. The van der Waals surface area contributed by atoms with E-state index in [-0.39, 0.29) is 16.5 Å². The number of sulfonamides is 1. The molecule has 1 saturated carbocycles. The quantitative estimate of drug-likeness (QED) is 0.685. The van der Waals surface area contributed by atoms with E-state index in [0.29, 0.717) is 10.6 Å². The monoisotopic (exact) mass is 390 g/mol. The van der Waals surface area contributed by atoms with Crippen molar-refractivity contribution in [1.82, 2.24) is 14.1 Å². The molecule has 3 aromatic rings. The topological polar surface area (TPSA) is 110 Å². The van der Waals surface area contributed by atoms with Gasteiger partial charge in [0, 0.05) is 29.5 Å². The van der Waals surface area contributed by atoms with Crippen molar-refractivity contribution in [1.29, 1.82) is 0 Å². The summed E-state index contributed by atoms with van der Waals surface area (Å²) in [5.41, 5.74) is -0.162. The van der Waals surface area contributed by atoms with E-state index in [4.69, 9.17) is 0 Å². The Morgan fingerprint density at radius 1 is 1.23 bits per heavy atom. The highest BCUT2D eigenvalue weighted by atomic mass is 32.2. The number of hydrogen-bond donors (Lipinski definition) is 2. The summed E-state index contributed by atoms with van der Waals surface area (Å²) in [6, 6.07) is 5.80. The Kier molecular flexibility index (Phi) is 4.10. The van der Waals surface area contributed by atoms with Crippen LogP contribution in [0.5, 0.6) is 0 Å². The molecule has 8 nitrogen and oxygen atoms in total. The van der Waals surface area contributed by atoms with Gasteiger partial charge in [-0.15, -0.1) is 11.3 Å². The van der Waals surface area contributed by atoms with Gasteiger partial charge in [-0.1, -0.05) is 0 Å². The van der Waals surface area contributed by atoms with Crippen molar-refractivity contribution in [3.63, 3.8) is 0 Å². The summed E-state index contributed by atoms with van der Waals surface area (Å²) in [6.45, 7) is 0. The lowest BCUT2D eigenvalue weighted by atomic mass is 10.2. The standard InChI is InChI=1S/C16H14N4O4S2/c21-14(13-9-17-16-20(15(13)22)7-8-25-16)18-10-3-5-12(6-4-10)26(23,24)19-11-1-2-11/h3-9,11,19H,1-2H2,(H,18,21). The minimum Gasteiger partial charge on any atom is -0.322 e. The summed E-state index contributed by atoms with van der Waals surface area (Å²) in [5, 5.41) is 4.29. The predicted octanol–water partition coefficient (Wildman–Crippen LogP) is 1.45. The van der Waals surface area contributed by atoms with Crippen LogP contribution in [0.3, 0.4) is 0 Å². The number of carbonyl (C=O) groups excluding carboxylic acids is 1. The molecule has 0 aliphatic heterocycles. The summed E-state index contributed by atoms with van der Waals surface area (Å²) in [7, 11) is -3.54. The number of aromatic nitrogens is 2. The average Bonchev–Trinajstić information content (AvgIpc) is 3.27. The molecular formula is C16H14N4O4S2. The van der Waals surface area contributed by atoms with Crippen molar-refractivity contribution in [3.8, 4) is 0 Å². The largest absolute Gasteiger partial charge is 0.322 e. The Morgan fingerprint density at radius 2 is 1.96 bits per heavy atom. The molecule has 2 heterocycles. The van der Waals surface area contributed by atoms with Crippen LogP contribution in [0.25, 0.3) is 4.96 Å². The molecule has 0 spiro atoms. The van der Waals surface area contributed by atoms with Gasteiger partial charge in [0.25, 0.3) is 11.5 Å². The molecule has 2 aromatic heterocycles. The molecule has 0 bridgehead atoms. The molecule has 1 aromatic carbocycles. The van der Waals surface area contributed by atoms with Gasteiger partial charge in [-0.2, -0.15) is 0 Å². The van der Waals surface area contributed by atoms with Gasteiger partial charge in [-0.05, 0) is 37.1 Å². The van der Waals surface area contributed by atoms with E-state index >= 15 is 0 Å². The summed E-state index contributed by atoms with van der Waals surface area (Å²) >= 11 is 1.30. The third kappa shape index (κ3) is 3.26. The van der Waals surface area contributed by atoms with Gasteiger partial charge >= 0.3 is 0 Å². The molecule has 134 valence electrons. The van der Waals surface area contributed by atoms with Gasteiger partial charge in [0.05, 0.1) is 4.90 Å². The highest BCUT2D eigenvalue weighted by Gasteiger charge is 2.27. The van der Waals surface area contributed by atoms with Gasteiger partial charge in [0.2, 0.25) is 10.0 Å². The first-order valence-corrected chi connectivity index (χ1v) is 10.2. The number of anilines is 1.